The second kappa shape index (κ2) is 5.77. The van der Waals surface area contributed by atoms with Crippen molar-refractivity contribution >= 4 is 17.9 Å². The minimum Gasteiger partial charge on any atom is -0.422 e. The maximum absolute atomic E-state index is 11.5. The van der Waals surface area contributed by atoms with E-state index in [2.05, 4.69) is 4.99 Å². The number of rotatable bonds is 3. The number of para-hydroxylation sites is 2. The van der Waals surface area contributed by atoms with Crippen LogP contribution in [0.25, 0.3) is 0 Å². The van der Waals surface area contributed by atoms with E-state index in [1.807, 2.05) is 37.3 Å². The van der Waals surface area contributed by atoms with Crippen molar-refractivity contribution in [2.75, 3.05) is 0 Å². The summed E-state index contributed by atoms with van der Waals surface area (Å²) in [5.74, 6) is 0.0307. The van der Waals surface area contributed by atoms with Gasteiger partial charge in [-0.05, 0) is 30.7 Å². The zero-order valence-corrected chi connectivity index (χ0v) is 10.0. The number of hydrogen-bond acceptors (Lipinski definition) is 3. The Hall–Kier alpha value is -2.42. The van der Waals surface area contributed by atoms with Gasteiger partial charge in [0.25, 0.3) is 0 Å². The molecule has 3 nitrogen and oxygen atoms in total. The molecule has 0 spiro atoms. The molecule has 90 valence electrons. The molecule has 0 radical (unpaired) electrons. The fourth-order valence-corrected chi connectivity index (χ4v) is 1.46. The first-order valence-corrected chi connectivity index (χ1v) is 5.62. The van der Waals surface area contributed by atoms with E-state index in [4.69, 9.17) is 4.74 Å². The summed E-state index contributed by atoms with van der Waals surface area (Å²) >= 11 is 0. The molecule has 18 heavy (non-hydrogen) atoms. The molecule has 0 atom stereocenters. The molecule has 0 unspecified atom stereocenters. The van der Waals surface area contributed by atoms with Crippen LogP contribution in [0.1, 0.15) is 5.56 Å². The largest absolute Gasteiger partial charge is 0.422 e. The van der Waals surface area contributed by atoms with Crippen LogP contribution in [0.3, 0.4) is 0 Å². The Balaban J connectivity index is 2.02. The summed E-state index contributed by atoms with van der Waals surface area (Å²) in [5.41, 5.74) is 1.78. The third-order valence-electron chi connectivity index (χ3n) is 2.39. The molecule has 0 saturated heterocycles. The topological polar surface area (TPSA) is 38.7 Å². The highest BCUT2D eigenvalue weighted by molar-refractivity contribution is 6.24. The van der Waals surface area contributed by atoms with E-state index >= 15 is 0 Å². The van der Waals surface area contributed by atoms with Crippen molar-refractivity contribution in [3.05, 3.63) is 60.2 Å². The van der Waals surface area contributed by atoms with Crippen LogP contribution in [0.2, 0.25) is 0 Å². The Morgan fingerprint density at radius 1 is 1.06 bits per heavy atom. The summed E-state index contributed by atoms with van der Waals surface area (Å²) < 4.78 is 5.09. The quantitative estimate of drug-likeness (QED) is 0.468. The predicted molar refractivity (Wildman–Crippen MR) is 71.4 cm³/mol. The standard InChI is InChI=1S/C15H13NO2/c1-12-7-5-6-10-14(12)16-11-15(17)18-13-8-3-2-4-9-13/h2-11H,1H3. The fourth-order valence-electron chi connectivity index (χ4n) is 1.46. The van der Waals surface area contributed by atoms with Crippen LogP contribution in [0.4, 0.5) is 5.69 Å². The van der Waals surface area contributed by atoms with E-state index in [1.165, 1.54) is 6.21 Å². The van der Waals surface area contributed by atoms with Crippen molar-refractivity contribution in [2.45, 2.75) is 6.92 Å². The van der Waals surface area contributed by atoms with E-state index in [9.17, 15) is 4.79 Å². The first-order chi connectivity index (χ1) is 8.75. The molecule has 0 saturated carbocycles. The first-order valence-electron chi connectivity index (χ1n) is 5.62. The molecule has 0 amide bonds. The van der Waals surface area contributed by atoms with Crippen LogP contribution < -0.4 is 4.74 Å². The van der Waals surface area contributed by atoms with Crippen LogP contribution in [-0.2, 0) is 4.79 Å². The van der Waals surface area contributed by atoms with Gasteiger partial charge in [-0.15, -0.1) is 0 Å². The minimum atomic E-state index is -0.482. The summed E-state index contributed by atoms with van der Waals surface area (Å²) in [5, 5.41) is 0. The van der Waals surface area contributed by atoms with Gasteiger partial charge in [-0.2, -0.15) is 0 Å². The third-order valence-corrected chi connectivity index (χ3v) is 2.39. The Kier molecular flexibility index (Phi) is 3.86. The zero-order chi connectivity index (χ0) is 12.8. The molecule has 0 N–H and O–H groups in total. The Morgan fingerprint density at radius 2 is 1.72 bits per heavy atom. The van der Waals surface area contributed by atoms with E-state index in [0.717, 1.165) is 11.3 Å². The normalized spacial score (nSPS) is 10.5. The van der Waals surface area contributed by atoms with Crippen molar-refractivity contribution in [1.29, 1.82) is 0 Å². The molecule has 0 aliphatic heterocycles. The molecule has 2 rings (SSSR count). The van der Waals surface area contributed by atoms with Gasteiger partial charge in [0.05, 0.1) is 5.69 Å². The van der Waals surface area contributed by atoms with Crippen LogP contribution in [0.5, 0.6) is 5.75 Å². The van der Waals surface area contributed by atoms with Gasteiger partial charge in [-0.1, -0.05) is 36.4 Å². The van der Waals surface area contributed by atoms with Crippen molar-refractivity contribution in [2.24, 2.45) is 4.99 Å². The van der Waals surface area contributed by atoms with Gasteiger partial charge in [0.15, 0.2) is 0 Å². The highest BCUT2D eigenvalue weighted by Crippen LogP contribution is 2.16. The molecule has 0 bridgehead atoms. The number of benzene rings is 2. The lowest BCUT2D eigenvalue weighted by atomic mass is 10.2. The molecular weight excluding hydrogens is 226 g/mol. The summed E-state index contributed by atoms with van der Waals surface area (Å²) in [7, 11) is 0. The van der Waals surface area contributed by atoms with Crippen LogP contribution in [-0.4, -0.2) is 12.2 Å². The number of nitrogens with zero attached hydrogens (tertiary/aromatic N) is 1. The second-order valence-electron chi connectivity index (χ2n) is 3.78. The summed E-state index contributed by atoms with van der Waals surface area (Å²) in [6, 6.07) is 16.5. The number of aryl methyl sites for hydroxylation is 1. The van der Waals surface area contributed by atoms with E-state index in [1.54, 1.807) is 24.3 Å². The third kappa shape index (κ3) is 3.28. The monoisotopic (exact) mass is 239 g/mol. The number of esters is 1. The van der Waals surface area contributed by atoms with Crippen LogP contribution in [0, 0.1) is 6.92 Å². The molecule has 3 heteroatoms. The van der Waals surface area contributed by atoms with E-state index in [-0.39, 0.29) is 0 Å². The van der Waals surface area contributed by atoms with Crippen molar-refractivity contribution in [1.82, 2.24) is 0 Å². The molecule has 0 fully saturated rings. The van der Waals surface area contributed by atoms with Crippen molar-refractivity contribution in [3.8, 4) is 5.75 Å². The number of hydrogen-bond donors (Lipinski definition) is 0. The van der Waals surface area contributed by atoms with Gasteiger partial charge in [0.1, 0.15) is 12.0 Å². The molecule has 2 aromatic rings. The van der Waals surface area contributed by atoms with Gasteiger partial charge >= 0.3 is 5.97 Å². The average Bonchev–Trinajstić information content (AvgIpc) is 2.39. The smallest absolute Gasteiger partial charge is 0.354 e. The highest BCUT2D eigenvalue weighted by Gasteiger charge is 2.00. The minimum absolute atomic E-state index is 0.482. The Labute approximate surface area is 106 Å². The molecule has 0 aliphatic rings. The summed E-state index contributed by atoms with van der Waals surface area (Å²) in [6.45, 7) is 1.94. The van der Waals surface area contributed by atoms with Crippen LogP contribution in [0.15, 0.2) is 59.6 Å². The van der Waals surface area contributed by atoms with Crippen LogP contribution >= 0.6 is 0 Å². The number of ether oxygens (including phenoxy) is 1. The molecule has 0 aliphatic carbocycles. The molecular formula is C15H13NO2. The molecule has 2 aromatic carbocycles. The maximum Gasteiger partial charge on any atom is 0.354 e. The van der Waals surface area contributed by atoms with Crippen molar-refractivity contribution < 1.29 is 9.53 Å². The lowest BCUT2D eigenvalue weighted by molar-refractivity contribution is -0.126. The first kappa shape index (κ1) is 12.0. The van der Waals surface area contributed by atoms with Gasteiger partial charge in [0.2, 0.25) is 0 Å². The second-order valence-corrected chi connectivity index (χ2v) is 3.78. The van der Waals surface area contributed by atoms with E-state index in [0.29, 0.717) is 5.75 Å². The number of aliphatic imine (C=N–C) groups is 1. The summed E-state index contributed by atoms with van der Waals surface area (Å²) in [4.78, 5) is 15.6. The predicted octanol–water partition coefficient (Wildman–Crippen LogP) is 3.30. The SMILES string of the molecule is Cc1ccccc1N=CC(=O)Oc1ccccc1. The number of carbonyl (C=O) groups is 1. The average molecular weight is 239 g/mol. The highest BCUT2D eigenvalue weighted by atomic mass is 16.5. The maximum atomic E-state index is 11.5. The Bertz CT molecular complexity index is 562. The van der Waals surface area contributed by atoms with E-state index < -0.39 is 5.97 Å². The lowest BCUT2D eigenvalue weighted by Crippen LogP contribution is -2.08. The summed E-state index contributed by atoms with van der Waals surface area (Å²) in [6.07, 6.45) is 1.19. The Morgan fingerprint density at radius 3 is 2.44 bits per heavy atom. The number of carbonyl (C=O) groups excluding carboxylic acids is 1. The fraction of sp³-hybridized carbons (Fsp3) is 0.0667. The van der Waals surface area contributed by atoms with Gasteiger partial charge in [-0.25, -0.2) is 9.79 Å². The molecule has 0 heterocycles. The zero-order valence-electron chi connectivity index (χ0n) is 10.0. The van der Waals surface area contributed by atoms with Crippen molar-refractivity contribution in [3.63, 3.8) is 0 Å². The lowest BCUT2D eigenvalue weighted by Gasteiger charge is -2.00. The van der Waals surface area contributed by atoms with Gasteiger partial charge in [-0.3, -0.25) is 0 Å². The molecule has 0 aromatic heterocycles. The van der Waals surface area contributed by atoms with Gasteiger partial charge in [0, 0.05) is 0 Å². The van der Waals surface area contributed by atoms with Gasteiger partial charge < -0.3 is 4.74 Å².